The summed E-state index contributed by atoms with van der Waals surface area (Å²) in [5.41, 5.74) is 5.44. The van der Waals surface area contributed by atoms with Gasteiger partial charge in [0.2, 0.25) is 0 Å². The van der Waals surface area contributed by atoms with Crippen molar-refractivity contribution in [3.05, 3.63) is 0 Å². The first-order chi connectivity index (χ1) is 7.68. The fourth-order valence-corrected chi connectivity index (χ4v) is 2.68. The van der Waals surface area contributed by atoms with Crippen LogP contribution in [0.2, 0.25) is 0 Å². The maximum atomic E-state index is 10.5. The monoisotopic (exact) mass is 227 g/mol. The zero-order chi connectivity index (χ0) is 11.5. The van der Waals surface area contributed by atoms with Crippen LogP contribution in [0.3, 0.4) is 0 Å². The van der Waals surface area contributed by atoms with E-state index in [0.717, 1.165) is 37.7 Å². The summed E-state index contributed by atoms with van der Waals surface area (Å²) >= 11 is 0. The predicted octanol–water partition coefficient (Wildman–Crippen LogP) is 1.38. The smallest absolute Gasteiger partial charge is 0.320 e. The Balaban J connectivity index is 1.56. The average Bonchev–Trinajstić information content (AvgIpc) is 3.03. The van der Waals surface area contributed by atoms with E-state index < -0.39 is 12.0 Å². The van der Waals surface area contributed by atoms with Crippen LogP contribution in [0.25, 0.3) is 0 Å². The van der Waals surface area contributed by atoms with Crippen LogP contribution >= 0.6 is 0 Å². The van der Waals surface area contributed by atoms with Crippen molar-refractivity contribution in [3.63, 3.8) is 0 Å². The Hall–Kier alpha value is -0.610. The SMILES string of the molecule is NC(CCCCC1OCCC2CC21)C(=O)O. The molecule has 0 aromatic carbocycles. The first-order valence-electron chi connectivity index (χ1n) is 6.28. The van der Waals surface area contributed by atoms with E-state index in [4.69, 9.17) is 15.6 Å². The van der Waals surface area contributed by atoms with E-state index in [9.17, 15) is 4.79 Å². The van der Waals surface area contributed by atoms with Crippen LogP contribution in [-0.2, 0) is 9.53 Å². The lowest BCUT2D eigenvalue weighted by molar-refractivity contribution is -0.138. The number of rotatable bonds is 6. The van der Waals surface area contributed by atoms with E-state index in [2.05, 4.69) is 0 Å². The number of ether oxygens (including phenoxy) is 1. The molecule has 1 saturated heterocycles. The van der Waals surface area contributed by atoms with Crippen molar-refractivity contribution in [1.29, 1.82) is 0 Å². The summed E-state index contributed by atoms with van der Waals surface area (Å²) in [6, 6.07) is -0.694. The largest absolute Gasteiger partial charge is 0.480 e. The van der Waals surface area contributed by atoms with Crippen molar-refractivity contribution in [3.8, 4) is 0 Å². The fraction of sp³-hybridized carbons (Fsp3) is 0.917. The molecule has 4 unspecified atom stereocenters. The van der Waals surface area contributed by atoms with Crippen molar-refractivity contribution < 1.29 is 14.6 Å². The van der Waals surface area contributed by atoms with Gasteiger partial charge in [-0.3, -0.25) is 4.79 Å². The molecular weight excluding hydrogens is 206 g/mol. The number of fused-ring (bicyclic) bond motifs is 1. The summed E-state index contributed by atoms with van der Waals surface area (Å²) in [6.07, 6.45) is 6.62. The normalized spacial score (nSPS) is 34.2. The zero-order valence-corrected chi connectivity index (χ0v) is 9.60. The number of carboxylic acid groups (broad SMARTS) is 1. The number of nitrogens with two attached hydrogens (primary N) is 1. The van der Waals surface area contributed by atoms with Crippen LogP contribution in [0.15, 0.2) is 0 Å². The molecule has 3 N–H and O–H groups in total. The molecular formula is C12H21NO3. The van der Waals surface area contributed by atoms with Crippen LogP contribution in [0.1, 0.15) is 38.5 Å². The summed E-state index contributed by atoms with van der Waals surface area (Å²) in [5.74, 6) is 0.845. The highest BCUT2D eigenvalue weighted by Crippen LogP contribution is 2.49. The van der Waals surface area contributed by atoms with Gasteiger partial charge >= 0.3 is 5.97 Å². The molecule has 4 heteroatoms. The maximum Gasteiger partial charge on any atom is 0.320 e. The summed E-state index contributed by atoms with van der Waals surface area (Å²) in [6.45, 7) is 0.917. The second-order valence-corrected chi connectivity index (χ2v) is 5.09. The lowest BCUT2D eigenvalue weighted by atomic mass is 10.0. The van der Waals surface area contributed by atoms with Gasteiger partial charge in [-0.25, -0.2) is 0 Å². The summed E-state index contributed by atoms with van der Waals surface area (Å²) in [7, 11) is 0. The van der Waals surface area contributed by atoms with E-state index in [0.29, 0.717) is 12.5 Å². The van der Waals surface area contributed by atoms with Crippen LogP contribution < -0.4 is 5.73 Å². The first-order valence-corrected chi connectivity index (χ1v) is 6.28. The summed E-state index contributed by atoms with van der Waals surface area (Å²) in [5, 5.41) is 8.63. The fourth-order valence-electron chi connectivity index (χ4n) is 2.68. The Kier molecular flexibility index (Phi) is 3.82. The minimum Gasteiger partial charge on any atom is -0.480 e. The van der Waals surface area contributed by atoms with Gasteiger partial charge < -0.3 is 15.6 Å². The number of carbonyl (C=O) groups is 1. The third kappa shape index (κ3) is 2.95. The Labute approximate surface area is 96.2 Å². The minimum absolute atomic E-state index is 0.444. The molecule has 0 aromatic rings. The number of hydrogen-bond acceptors (Lipinski definition) is 3. The van der Waals surface area contributed by atoms with Crippen LogP contribution in [0.5, 0.6) is 0 Å². The van der Waals surface area contributed by atoms with Crippen LogP contribution in [-0.4, -0.2) is 29.8 Å². The number of unbranched alkanes of at least 4 members (excludes halogenated alkanes) is 1. The Morgan fingerprint density at radius 2 is 2.31 bits per heavy atom. The Morgan fingerprint density at radius 1 is 1.50 bits per heavy atom. The molecule has 4 nitrogen and oxygen atoms in total. The second kappa shape index (κ2) is 5.15. The van der Waals surface area contributed by atoms with Gasteiger partial charge in [0.1, 0.15) is 6.04 Å². The average molecular weight is 227 g/mol. The van der Waals surface area contributed by atoms with Gasteiger partial charge in [-0.15, -0.1) is 0 Å². The molecule has 0 radical (unpaired) electrons. The number of carboxylic acids is 1. The Morgan fingerprint density at radius 3 is 3.06 bits per heavy atom. The first kappa shape index (κ1) is 11.9. The van der Waals surface area contributed by atoms with Gasteiger partial charge in [-0.1, -0.05) is 12.8 Å². The standard InChI is InChI=1S/C12H21NO3/c13-10(12(14)15)3-1-2-4-11-9-7-8(9)5-6-16-11/h8-11H,1-7,13H2,(H,14,15). The molecule has 92 valence electrons. The maximum absolute atomic E-state index is 10.5. The van der Waals surface area contributed by atoms with E-state index in [1.54, 1.807) is 0 Å². The van der Waals surface area contributed by atoms with Gasteiger partial charge in [0.05, 0.1) is 6.10 Å². The molecule has 1 aliphatic heterocycles. The van der Waals surface area contributed by atoms with E-state index in [1.807, 2.05) is 0 Å². The van der Waals surface area contributed by atoms with Gasteiger partial charge in [0, 0.05) is 6.61 Å². The predicted molar refractivity (Wildman–Crippen MR) is 60.0 cm³/mol. The van der Waals surface area contributed by atoms with Gasteiger partial charge in [0.15, 0.2) is 0 Å². The molecule has 4 atom stereocenters. The zero-order valence-electron chi connectivity index (χ0n) is 9.60. The molecule has 0 bridgehead atoms. The highest BCUT2D eigenvalue weighted by atomic mass is 16.5. The van der Waals surface area contributed by atoms with Crippen molar-refractivity contribution in [2.75, 3.05) is 6.61 Å². The molecule has 16 heavy (non-hydrogen) atoms. The molecule has 1 heterocycles. The van der Waals surface area contributed by atoms with Crippen LogP contribution in [0.4, 0.5) is 0 Å². The van der Waals surface area contributed by atoms with E-state index in [-0.39, 0.29) is 0 Å². The quantitative estimate of drug-likeness (QED) is 0.672. The molecule has 0 amide bonds. The highest BCUT2D eigenvalue weighted by molar-refractivity contribution is 5.72. The third-order valence-corrected chi connectivity index (χ3v) is 3.85. The summed E-state index contributed by atoms with van der Waals surface area (Å²) in [4.78, 5) is 10.5. The minimum atomic E-state index is -0.892. The van der Waals surface area contributed by atoms with Crippen LogP contribution in [0, 0.1) is 11.8 Å². The molecule has 0 spiro atoms. The van der Waals surface area contributed by atoms with Gasteiger partial charge in [-0.05, 0) is 37.5 Å². The lowest BCUT2D eigenvalue weighted by Crippen LogP contribution is -2.30. The van der Waals surface area contributed by atoms with E-state index >= 15 is 0 Å². The molecule has 2 rings (SSSR count). The lowest BCUT2D eigenvalue weighted by Gasteiger charge is -2.22. The highest BCUT2D eigenvalue weighted by Gasteiger charge is 2.45. The van der Waals surface area contributed by atoms with Crippen molar-refractivity contribution >= 4 is 5.97 Å². The number of aliphatic carboxylic acids is 1. The summed E-state index contributed by atoms with van der Waals surface area (Å²) < 4.78 is 5.74. The Bertz CT molecular complexity index is 257. The third-order valence-electron chi connectivity index (χ3n) is 3.85. The molecule has 1 aliphatic carbocycles. The van der Waals surface area contributed by atoms with E-state index in [1.165, 1.54) is 12.8 Å². The molecule has 0 aromatic heterocycles. The van der Waals surface area contributed by atoms with Crippen molar-refractivity contribution in [2.45, 2.75) is 50.7 Å². The molecule has 2 aliphatic rings. The molecule has 1 saturated carbocycles. The topological polar surface area (TPSA) is 72.5 Å². The van der Waals surface area contributed by atoms with Crippen molar-refractivity contribution in [1.82, 2.24) is 0 Å². The second-order valence-electron chi connectivity index (χ2n) is 5.09. The molecule has 2 fully saturated rings. The van der Waals surface area contributed by atoms with Crippen molar-refractivity contribution in [2.24, 2.45) is 17.6 Å². The number of hydrogen-bond donors (Lipinski definition) is 2. The van der Waals surface area contributed by atoms with Gasteiger partial charge in [0.25, 0.3) is 0 Å². The van der Waals surface area contributed by atoms with Gasteiger partial charge in [-0.2, -0.15) is 0 Å².